The lowest BCUT2D eigenvalue weighted by molar-refractivity contribution is -0.140. The van der Waals surface area contributed by atoms with E-state index in [1.165, 1.54) is 18.3 Å². The summed E-state index contributed by atoms with van der Waals surface area (Å²) >= 11 is 1.33. The van der Waals surface area contributed by atoms with Gasteiger partial charge in [-0.3, -0.25) is 9.59 Å². The number of carbonyl (C=O) groups excluding carboxylic acids is 3. The Bertz CT molecular complexity index is 647. The van der Waals surface area contributed by atoms with Gasteiger partial charge in [0, 0.05) is 24.9 Å². The summed E-state index contributed by atoms with van der Waals surface area (Å²) in [7, 11) is 0. The maximum Gasteiger partial charge on any atom is 0.342 e. The SMILES string of the molecule is CC(=O)Nc1sc(C)c(C)c1C(=O)O[C@@H](C)C(=O)N1CCCCC1. The van der Waals surface area contributed by atoms with E-state index in [4.69, 9.17) is 4.74 Å². The van der Waals surface area contributed by atoms with Crippen LogP contribution in [0.15, 0.2) is 0 Å². The Balaban J connectivity index is 2.11. The first-order chi connectivity index (χ1) is 11.3. The number of thiophene rings is 1. The standard InChI is InChI=1S/C17H24N2O4S/c1-10-12(3)24-15(18-13(4)20)14(10)17(22)23-11(2)16(21)19-8-6-5-7-9-19/h11H,5-9H2,1-4H3,(H,18,20)/t11-/m0/s1. The van der Waals surface area contributed by atoms with E-state index in [1.807, 2.05) is 13.8 Å². The Hall–Kier alpha value is -1.89. The first-order valence-electron chi connectivity index (χ1n) is 8.18. The van der Waals surface area contributed by atoms with Crippen LogP contribution in [0.25, 0.3) is 0 Å². The molecule has 1 atom stereocenters. The molecule has 2 heterocycles. The van der Waals surface area contributed by atoms with Gasteiger partial charge in [0.1, 0.15) is 5.00 Å². The molecule has 1 fully saturated rings. The molecule has 6 nitrogen and oxygen atoms in total. The molecule has 0 spiro atoms. The van der Waals surface area contributed by atoms with Crippen molar-refractivity contribution in [3.63, 3.8) is 0 Å². The van der Waals surface area contributed by atoms with Crippen molar-refractivity contribution in [2.75, 3.05) is 18.4 Å². The quantitative estimate of drug-likeness (QED) is 0.846. The molecule has 2 amide bonds. The lowest BCUT2D eigenvalue weighted by Gasteiger charge is -2.29. The Labute approximate surface area is 146 Å². The lowest BCUT2D eigenvalue weighted by atomic mass is 10.1. The second kappa shape index (κ2) is 7.79. The van der Waals surface area contributed by atoms with Crippen molar-refractivity contribution in [3.8, 4) is 0 Å². The highest BCUT2D eigenvalue weighted by molar-refractivity contribution is 7.16. The van der Waals surface area contributed by atoms with Gasteiger partial charge in [-0.1, -0.05) is 0 Å². The number of piperidine rings is 1. The Kier molecular flexibility index (Phi) is 5.99. The molecule has 132 valence electrons. The molecule has 1 saturated heterocycles. The minimum absolute atomic E-state index is 0.159. The summed E-state index contributed by atoms with van der Waals surface area (Å²) in [5.74, 6) is -0.977. The fourth-order valence-electron chi connectivity index (χ4n) is 2.76. The average molecular weight is 352 g/mol. The van der Waals surface area contributed by atoms with E-state index in [0.29, 0.717) is 23.7 Å². The summed E-state index contributed by atoms with van der Waals surface area (Å²) < 4.78 is 5.39. The van der Waals surface area contributed by atoms with Crippen LogP contribution in [0.1, 0.15) is 53.9 Å². The third-order valence-corrected chi connectivity index (χ3v) is 5.30. The zero-order valence-corrected chi connectivity index (χ0v) is 15.4. The molecule has 7 heteroatoms. The third kappa shape index (κ3) is 4.14. The smallest absolute Gasteiger partial charge is 0.342 e. The van der Waals surface area contributed by atoms with Gasteiger partial charge < -0.3 is 15.0 Å². The zero-order valence-electron chi connectivity index (χ0n) is 14.6. The molecule has 1 aliphatic heterocycles. The summed E-state index contributed by atoms with van der Waals surface area (Å²) in [5.41, 5.74) is 1.11. The number of amides is 2. The Morgan fingerprint density at radius 3 is 2.38 bits per heavy atom. The normalized spacial score (nSPS) is 15.8. The van der Waals surface area contributed by atoms with E-state index in [1.54, 1.807) is 11.8 Å². The van der Waals surface area contributed by atoms with Crippen LogP contribution >= 0.6 is 11.3 Å². The number of rotatable bonds is 4. The number of hydrogen-bond donors (Lipinski definition) is 1. The van der Waals surface area contributed by atoms with Gasteiger partial charge in [0.25, 0.3) is 5.91 Å². The van der Waals surface area contributed by atoms with E-state index in [-0.39, 0.29) is 11.8 Å². The van der Waals surface area contributed by atoms with Crippen molar-refractivity contribution in [3.05, 3.63) is 16.0 Å². The van der Waals surface area contributed by atoms with Crippen molar-refractivity contribution in [2.24, 2.45) is 0 Å². The fraction of sp³-hybridized carbons (Fsp3) is 0.588. The van der Waals surface area contributed by atoms with Gasteiger partial charge in [-0.25, -0.2) is 4.79 Å². The van der Waals surface area contributed by atoms with E-state index < -0.39 is 12.1 Å². The second-order valence-electron chi connectivity index (χ2n) is 6.10. The predicted octanol–water partition coefficient (Wildman–Crippen LogP) is 2.88. The fourth-order valence-corrected chi connectivity index (χ4v) is 3.86. The first-order valence-corrected chi connectivity index (χ1v) is 9.00. The minimum atomic E-state index is -0.833. The van der Waals surface area contributed by atoms with Crippen LogP contribution < -0.4 is 5.32 Å². The molecular formula is C17H24N2O4S. The highest BCUT2D eigenvalue weighted by Gasteiger charge is 2.28. The average Bonchev–Trinajstić information content (AvgIpc) is 2.80. The molecule has 1 aromatic rings. The topological polar surface area (TPSA) is 75.7 Å². The van der Waals surface area contributed by atoms with Crippen LogP contribution in [0.2, 0.25) is 0 Å². The van der Waals surface area contributed by atoms with Gasteiger partial charge in [0.2, 0.25) is 5.91 Å². The van der Waals surface area contributed by atoms with Crippen LogP contribution in [0.4, 0.5) is 5.00 Å². The van der Waals surface area contributed by atoms with Crippen molar-refractivity contribution in [1.29, 1.82) is 0 Å². The number of likely N-dealkylation sites (tertiary alicyclic amines) is 1. The summed E-state index contributed by atoms with van der Waals surface area (Å²) in [6.45, 7) is 8.11. The molecule has 2 rings (SSSR count). The summed E-state index contributed by atoms with van der Waals surface area (Å²) in [6.07, 6.45) is 2.27. The van der Waals surface area contributed by atoms with Crippen LogP contribution in [0.5, 0.6) is 0 Å². The molecule has 24 heavy (non-hydrogen) atoms. The molecular weight excluding hydrogens is 328 g/mol. The van der Waals surface area contributed by atoms with E-state index in [2.05, 4.69) is 5.32 Å². The summed E-state index contributed by atoms with van der Waals surface area (Å²) in [6, 6.07) is 0. The van der Waals surface area contributed by atoms with Crippen molar-refractivity contribution >= 4 is 34.1 Å². The van der Waals surface area contributed by atoms with Gasteiger partial charge in [0.05, 0.1) is 5.56 Å². The lowest BCUT2D eigenvalue weighted by Crippen LogP contribution is -2.42. The van der Waals surface area contributed by atoms with Crippen molar-refractivity contribution in [1.82, 2.24) is 4.90 Å². The highest BCUT2D eigenvalue weighted by Crippen LogP contribution is 2.33. The number of nitrogens with one attached hydrogen (secondary N) is 1. The van der Waals surface area contributed by atoms with Gasteiger partial charge in [-0.05, 0) is 45.6 Å². The first kappa shape index (κ1) is 18.4. The maximum atomic E-state index is 12.5. The number of nitrogens with zero attached hydrogens (tertiary/aromatic N) is 1. The van der Waals surface area contributed by atoms with Crippen molar-refractivity contribution in [2.45, 2.75) is 53.1 Å². The maximum absolute atomic E-state index is 12.5. The molecule has 1 aliphatic rings. The molecule has 1 N–H and O–H groups in total. The number of ether oxygens (including phenoxy) is 1. The van der Waals surface area contributed by atoms with Gasteiger partial charge in [-0.15, -0.1) is 11.3 Å². The van der Waals surface area contributed by atoms with Crippen LogP contribution in [-0.4, -0.2) is 41.9 Å². The number of esters is 1. The molecule has 0 aromatic carbocycles. The third-order valence-electron chi connectivity index (χ3n) is 4.18. The van der Waals surface area contributed by atoms with Crippen LogP contribution in [-0.2, 0) is 14.3 Å². The van der Waals surface area contributed by atoms with Gasteiger partial charge in [0.15, 0.2) is 6.10 Å². The number of aryl methyl sites for hydroxylation is 1. The molecule has 0 bridgehead atoms. The molecule has 0 unspecified atom stereocenters. The molecule has 0 saturated carbocycles. The second-order valence-corrected chi connectivity index (χ2v) is 7.33. The Morgan fingerprint density at radius 2 is 1.79 bits per heavy atom. The number of carbonyl (C=O) groups is 3. The summed E-state index contributed by atoms with van der Waals surface area (Å²) in [5, 5.41) is 3.14. The van der Waals surface area contributed by atoms with Crippen molar-refractivity contribution < 1.29 is 19.1 Å². The van der Waals surface area contributed by atoms with E-state index >= 15 is 0 Å². The molecule has 0 radical (unpaired) electrons. The van der Waals surface area contributed by atoms with Crippen LogP contribution in [0, 0.1) is 13.8 Å². The van der Waals surface area contributed by atoms with Gasteiger partial charge in [-0.2, -0.15) is 0 Å². The highest BCUT2D eigenvalue weighted by atomic mass is 32.1. The molecule has 0 aliphatic carbocycles. The molecule has 1 aromatic heterocycles. The van der Waals surface area contributed by atoms with Crippen LogP contribution in [0.3, 0.4) is 0 Å². The largest absolute Gasteiger partial charge is 0.449 e. The minimum Gasteiger partial charge on any atom is -0.449 e. The van der Waals surface area contributed by atoms with E-state index in [9.17, 15) is 14.4 Å². The Morgan fingerprint density at radius 1 is 1.17 bits per heavy atom. The number of hydrogen-bond acceptors (Lipinski definition) is 5. The van der Waals surface area contributed by atoms with E-state index in [0.717, 1.165) is 29.7 Å². The number of anilines is 1. The van der Waals surface area contributed by atoms with Gasteiger partial charge >= 0.3 is 5.97 Å². The summed E-state index contributed by atoms with van der Waals surface area (Å²) in [4.78, 5) is 39.0. The predicted molar refractivity (Wildman–Crippen MR) is 93.4 cm³/mol. The monoisotopic (exact) mass is 352 g/mol. The zero-order chi connectivity index (χ0) is 17.9.